The minimum Gasteiger partial charge on any atom is -0.321 e. The molecule has 0 atom stereocenters. The van der Waals surface area contributed by atoms with Gasteiger partial charge in [-0.1, -0.05) is 48.0 Å². The molecule has 0 spiro atoms. The molecule has 4 aromatic rings. The number of amides is 2. The van der Waals surface area contributed by atoms with Gasteiger partial charge in [0.1, 0.15) is 0 Å². The predicted octanol–water partition coefficient (Wildman–Crippen LogP) is 4.42. The Balaban J connectivity index is 1.52. The van der Waals surface area contributed by atoms with E-state index < -0.39 is 5.91 Å². The van der Waals surface area contributed by atoms with Crippen molar-refractivity contribution in [2.24, 2.45) is 0 Å². The van der Waals surface area contributed by atoms with E-state index >= 15 is 0 Å². The minimum absolute atomic E-state index is 0.0347. The third-order valence-electron chi connectivity index (χ3n) is 5.59. The molecule has 1 aliphatic rings. The van der Waals surface area contributed by atoms with Gasteiger partial charge in [0.2, 0.25) is 5.91 Å². The molecule has 0 radical (unpaired) electrons. The monoisotopic (exact) mass is 458 g/mol. The lowest BCUT2D eigenvalue weighted by Gasteiger charge is -2.18. The maximum Gasteiger partial charge on any atom is 0.279 e. The van der Waals surface area contributed by atoms with Crippen LogP contribution in [0.5, 0.6) is 0 Å². The first-order chi connectivity index (χ1) is 16.0. The number of rotatable bonds is 4. The molecule has 3 aromatic carbocycles. The van der Waals surface area contributed by atoms with Crippen molar-refractivity contribution in [3.8, 4) is 5.69 Å². The second-order valence-electron chi connectivity index (χ2n) is 7.72. The predicted molar refractivity (Wildman–Crippen MR) is 128 cm³/mol. The first-order valence-corrected chi connectivity index (χ1v) is 10.9. The smallest absolute Gasteiger partial charge is 0.279 e. The van der Waals surface area contributed by atoms with E-state index in [0.29, 0.717) is 45.8 Å². The van der Waals surface area contributed by atoms with Crippen LogP contribution in [0.15, 0.2) is 77.6 Å². The number of nitrogens with zero attached hydrogens (tertiary/aromatic N) is 3. The molecule has 0 saturated carbocycles. The molecule has 2 heterocycles. The van der Waals surface area contributed by atoms with Crippen molar-refractivity contribution in [2.75, 3.05) is 16.8 Å². The molecule has 7 nitrogen and oxygen atoms in total. The summed E-state index contributed by atoms with van der Waals surface area (Å²) in [6, 6.07) is 20.8. The molecule has 1 saturated heterocycles. The SMILES string of the molecule is O=C(Nc1ccc(N2CCCC2=O)c(Cl)c1)c1nn(-c2ccccc2)c(=O)c2ccccc12. The Kier molecular flexibility index (Phi) is 5.40. The largest absolute Gasteiger partial charge is 0.321 e. The van der Waals surface area contributed by atoms with Gasteiger partial charge in [0, 0.05) is 24.0 Å². The summed E-state index contributed by atoms with van der Waals surface area (Å²) in [4.78, 5) is 39.9. The number of hydrogen-bond donors (Lipinski definition) is 1. The molecule has 0 aliphatic carbocycles. The van der Waals surface area contributed by atoms with Crippen molar-refractivity contribution in [1.82, 2.24) is 9.78 Å². The Morgan fingerprint density at radius 3 is 2.36 bits per heavy atom. The Bertz CT molecular complexity index is 1450. The lowest BCUT2D eigenvalue weighted by Crippen LogP contribution is -2.26. The summed E-state index contributed by atoms with van der Waals surface area (Å²) in [5, 5.41) is 8.42. The van der Waals surface area contributed by atoms with E-state index in [1.54, 1.807) is 71.6 Å². The van der Waals surface area contributed by atoms with Gasteiger partial charge >= 0.3 is 0 Å². The normalized spacial score (nSPS) is 13.5. The summed E-state index contributed by atoms with van der Waals surface area (Å²) in [7, 11) is 0. The standard InChI is InChI=1S/C25H19ClN4O3/c26-20-15-16(12-13-21(20)29-14-6-11-22(29)31)27-24(32)23-18-9-4-5-10-19(18)25(33)30(28-23)17-7-2-1-3-8-17/h1-5,7-10,12-13,15H,6,11,14H2,(H,27,32). The van der Waals surface area contributed by atoms with Gasteiger partial charge in [-0.05, 0) is 42.8 Å². The minimum atomic E-state index is -0.475. The number of aromatic nitrogens is 2. The first kappa shape index (κ1) is 20.9. The van der Waals surface area contributed by atoms with Gasteiger partial charge in [-0.2, -0.15) is 9.78 Å². The lowest BCUT2D eigenvalue weighted by molar-refractivity contribution is -0.117. The molecule has 1 aliphatic heterocycles. The van der Waals surface area contributed by atoms with E-state index in [0.717, 1.165) is 6.42 Å². The highest BCUT2D eigenvalue weighted by molar-refractivity contribution is 6.34. The first-order valence-electron chi connectivity index (χ1n) is 10.5. The fraction of sp³-hybridized carbons (Fsp3) is 0.120. The van der Waals surface area contributed by atoms with Crippen molar-refractivity contribution in [3.63, 3.8) is 0 Å². The van der Waals surface area contributed by atoms with E-state index in [-0.39, 0.29) is 17.2 Å². The zero-order valence-electron chi connectivity index (χ0n) is 17.5. The van der Waals surface area contributed by atoms with Gasteiger partial charge in [0.15, 0.2) is 5.69 Å². The van der Waals surface area contributed by atoms with Crippen LogP contribution in [0.25, 0.3) is 16.5 Å². The molecule has 0 bridgehead atoms. The summed E-state index contributed by atoms with van der Waals surface area (Å²) in [5.74, 6) is -0.440. The van der Waals surface area contributed by atoms with Gasteiger partial charge < -0.3 is 10.2 Å². The summed E-state index contributed by atoms with van der Waals surface area (Å²) in [6.45, 7) is 0.626. The quantitative estimate of drug-likeness (QED) is 0.490. The van der Waals surface area contributed by atoms with Gasteiger partial charge in [0.05, 0.1) is 21.8 Å². The number of carbonyl (C=O) groups is 2. The Hall–Kier alpha value is -3.97. The molecule has 1 aromatic heterocycles. The van der Waals surface area contributed by atoms with E-state index in [4.69, 9.17) is 11.6 Å². The average Bonchev–Trinajstić information content (AvgIpc) is 3.25. The third kappa shape index (κ3) is 3.87. The highest BCUT2D eigenvalue weighted by atomic mass is 35.5. The van der Waals surface area contributed by atoms with Crippen LogP contribution in [-0.2, 0) is 4.79 Å². The topological polar surface area (TPSA) is 84.3 Å². The highest BCUT2D eigenvalue weighted by Gasteiger charge is 2.24. The molecule has 2 amide bonds. The van der Waals surface area contributed by atoms with Crippen LogP contribution >= 0.6 is 11.6 Å². The van der Waals surface area contributed by atoms with Crippen molar-refractivity contribution < 1.29 is 9.59 Å². The van der Waals surface area contributed by atoms with E-state index in [1.807, 2.05) is 6.07 Å². The maximum atomic E-state index is 13.2. The molecule has 5 rings (SSSR count). The van der Waals surface area contributed by atoms with Crippen LogP contribution in [0.4, 0.5) is 11.4 Å². The molecular formula is C25H19ClN4O3. The number of hydrogen-bond acceptors (Lipinski definition) is 4. The third-order valence-corrected chi connectivity index (χ3v) is 5.89. The highest BCUT2D eigenvalue weighted by Crippen LogP contribution is 2.32. The number of fused-ring (bicyclic) bond motifs is 1. The average molecular weight is 459 g/mol. The van der Waals surface area contributed by atoms with Crippen LogP contribution < -0.4 is 15.8 Å². The van der Waals surface area contributed by atoms with Crippen molar-refractivity contribution in [3.05, 3.63) is 93.9 Å². The maximum absolute atomic E-state index is 13.2. The van der Waals surface area contributed by atoms with Crippen LogP contribution in [0.2, 0.25) is 5.02 Å². The number of para-hydroxylation sites is 1. The van der Waals surface area contributed by atoms with Crippen molar-refractivity contribution in [2.45, 2.75) is 12.8 Å². The van der Waals surface area contributed by atoms with Crippen molar-refractivity contribution >= 4 is 45.6 Å². The van der Waals surface area contributed by atoms with Crippen LogP contribution in [0, 0.1) is 0 Å². The zero-order chi connectivity index (χ0) is 22.9. The number of anilines is 2. The Labute approximate surface area is 194 Å². The van der Waals surface area contributed by atoms with Crippen LogP contribution in [0.3, 0.4) is 0 Å². The molecule has 164 valence electrons. The molecule has 0 unspecified atom stereocenters. The van der Waals surface area contributed by atoms with E-state index in [2.05, 4.69) is 10.4 Å². The second-order valence-corrected chi connectivity index (χ2v) is 8.12. The van der Waals surface area contributed by atoms with Gasteiger partial charge in [-0.15, -0.1) is 0 Å². The summed E-state index contributed by atoms with van der Waals surface area (Å²) < 4.78 is 1.23. The number of halogens is 1. The summed E-state index contributed by atoms with van der Waals surface area (Å²) in [5.41, 5.74) is 1.45. The Morgan fingerprint density at radius 2 is 1.67 bits per heavy atom. The zero-order valence-corrected chi connectivity index (χ0v) is 18.2. The van der Waals surface area contributed by atoms with E-state index in [9.17, 15) is 14.4 Å². The van der Waals surface area contributed by atoms with Gasteiger partial charge in [-0.25, -0.2) is 0 Å². The van der Waals surface area contributed by atoms with Gasteiger partial charge in [-0.3, -0.25) is 14.4 Å². The summed E-state index contributed by atoms with van der Waals surface area (Å²) >= 11 is 6.42. The van der Waals surface area contributed by atoms with Crippen molar-refractivity contribution in [1.29, 1.82) is 0 Å². The fourth-order valence-electron chi connectivity index (χ4n) is 4.00. The van der Waals surface area contributed by atoms with Crippen LogP contribution in [0.1, 0.15) is 23.3 Å². The number of nitrogens with one attached hydrogen (secondary N) is 1. The molecule has 1 fully saturated rings. The molecule has 33 heavy (non-hydrogen) atoms. The van der Waals surface area contributed by atoms with Crippen LogP contribution in [-0.4, -0.2) is 28.1 Å². The summed E-state index contributed by atoms with van der Waals surface area (Å²) in [6.07, 6.45) is 1.30. The second kappa shape index (κ2) is 8.52. The number of benzene rings is 3. The van der Waals surface area contributed by atoms with Gasteiger partial charge in [0.25, 0.3) is 11.5 Å². The molecular weight excluding hydrogens is 440 g/mol. The lowest BCUT2D eigenvalue weighted by atomic mass is 10.1. The Morgan fingerprint density at radius 1 is 0.939 bits per heavy atom. The number of carbonyl (C=O) groups excluding carboxylic acids is 2. The van der Waals surface area contributed by atoms with E-state index in [1.165, 1.54) is 4.68 Å². The molecule has 1 N–H and O–H groups in total. The fourth-order valence-corrected chi connectivity index (χ4v) is 4.28. The molecule has 8 heteroatoms.